The molecule has 0 aromatic heterocycles. The fourth-order valence-electron chi connectivity index (χ4n) is 3.58. The first-order valence-corrected chi connectivity index (χ1v) is 8.72. The SMILES string of the molecule is COc1ccc([C@H]2CCC[NH+]2CC(=O)Nc2cccc(F)c2)c(OC)c1. The van der Waals surface area contributed by atoms with Crippen molar-refractivity contribution in [3.63, 3.8) is 0 Å². The van der Waals surface area contributed by atoms with Crippen LogP contribution in [0.5, 0.6) is 11.5 Å². The van der Waals surface area contributed by atoms with Crippen LogP contribution in [0.25, 0.3) is 0 Å². The van der Waals surface area contributed by atoms with Gasteiger partial charge >= 0.3 is 0 Å². The van der Waals surface area contributed by atoms with Gasteiger partial charge in [0, 0.05) is 24.6 Å². The molecular weight excluding hydrogens is 335 g/mol. The summed E-state index contributed by atoms with van der Waals surface area (Å²) >= 11 is 0. The Bertz CT molecular complexity index is 781. The van der Waals surface area contributed by atoms with Gasteiger partial charge in [0.05, 0.1) is 26.3 Å². The quantitative estimate of drug-likeness (QED) is 0.831. The van der Waals surface area contributed by atoms with Crippen LogP contribution in [0.2, 0.25) is 0 Å². The molecule has 1 amide bonds. The summed E-state index contributed by atoms with van der Waals surface area (Å²) in [7, 11) is 3.27. The zero-order valence-electron chi connectivity index (χ0n) is 15.0. The summed E-state index contributed by atoms with van der Waals surface area (Å²) in [6.45, 7) is 1.24. The Labute approximate surface area is 152 Å². The van der Waals surface area contributed by atoms with Crippen molar-refractivity contribution in [2.75, 3.05) is 32.6 Å². The Kier molecular flexibility index (Phi) is 5.73. The molecule has 1 aliphatic rings. The maximum absolute atomic E-state index is 13.3. The lowest BCUT2D eigenvalue weighted by Crippen LogP contribution is -3.11. The molecule has 0 spiro atoms. The second-order valence-corrected chi connectivity index (χ2v) is 6.45. The fourth-order valence-corrected chi connectivity index (χ4v) is 3.58. The third-order valence-electron chi connectivity index (χ3n) is 4.80. The van der Waals surface area contributed by atoms with E-state index in [9.17, 15) is 9.18 Å². The first-order chi connectivity index (χ1) is 12.6. The van der Waals surface area contributed by atoms with Gasteiger partial charge in [0.2, 0.25) is 0 Å². The highest BCUT2D eigenvalue weighted by Gasteiger charge is 2.33. The van der Waals surface area contributed by atoms with Crippen molar-refractivity contribution < 1.29 is 23.6 Å². The van der Waals surface area contributed by atoms with Gasteiger partial charge < -0.3 is 19.7 Å². The molecule has 2 N–H and O–H groups in total. The Morgan fingerprint density at radius 2 is 2.08 bits per heavy atom. The van der Waals surface area contributed by atoms with Crippen LogP contribution in [-0.4, -0.2) is 33.2 Å². The topological polar surface area (TPSA) is 52.0 Å². The predicted octanol–water partition coefficient (Wildman–Crippen LogP) is 2.20. The molecule has 2 aromatic rings. The number of benzene rings is 2. The average Bonchev–Trinajstić information content (AvgIpc) is 3.08. The van der Waals surface area contributed by atoms with Gasteiger partial charge in [0.1, 0.15) is 23.4 Å². The number of methoxy groups -OCH3 is 2. The molecule has 0 bridgehead atoms. The summed E-state index contributed by atoms with van der Waals surface area (Å²) in [5.41, 5.74) is 1.56. The van der Waals surface area contributed by atoms with Gasteiger partial charge in [-0.3, -0.25) is 4.79 Å². The van der Waals surface area contributed by atoms with E-state index in [0.29, 0.717) is 12.2 Å². The summed E-state index contributed by atoms with van der Waals surface area (Å²) in [5.74, 6) is 1.04. The Morgan fingerprint density at radius 3 is 2.81 bits per heavy atom. The number of likely N-dealkylation sites (tertiary alicyclic amines) is 1. The lowest BCUT2D eigenvalue weighted by molar-refractivity contribution is -0.910. The van der Waals surface area contributed by atoms with Crippen LogP contribution in [-0.2, 0) is 4.79 Å². The third-order valence-corrected chi connectivity index (χ3v) is 4.80. The zero-order chi connectivity index (χ0) is 18.5. The maximum atomic E-state index is 13.3. The number of nitrogens with one attached hydrogen (secondary N) is 2. The summed E-state index contributed by atoms with van der Waals surface area (Å²) < 4.78 is 24.1. The highest BCUT2D eigenvalue weighted by atomic mass is 19.1. The first-order valence-electron chi connectivity index (χ1n) is 8.72. The van der Waals surface area contributed by atoms with Gasteiger partial charge in [-0.1, -0.05) is 6.07 Å². The van der Waals surface area contributed by atoms with E-state index >= 15 is 0 Å². The molecule has 6 heteroatoms. The van der Waals surface area contributed by atoms with Gasteiger partial charge in [-0.15, -0.1) is 0 Å². The molecule has 5 nitrogen and oxygen atoms in total. The summed E-state index contributed by atoms with van der Waals surface area (Å²) in [4.78, 5) is 13.6. The minimum Gasteiger partial charge on any atom is -0.497 e. The zero-order valence-corrected chi connectivity index (χ0v) is 15.0. The second-order valence-electron chi connectivity index (χ2n) is 6.45. The molecule has 1 unspecified atom stereocenters. The van der Waals surface area contributed by atoms with Crippen molar-refractivity contribution in [1.29, 1.82) is 0 Å². The third kappa shape index (κ3) is 4.14. The molecule has 3 rings (SSSR count). The molecule has 1 aliphatic heterocycles. The van der Waals surface area contributed by atoms with Crippen LogP contribution in [0.3, 0.4) is 0 Å². The van der Waals surface area contributed by atoms with Crippen LogP contribution in [0.4, 0.5) is 10.1 Å². The summed E-state index contributed by atoms with van der Waals surface area (Å²) in [6, 6.07) is 11.9. The van der Waals surface area contributed by atoms with Crippen molar-refractivity contribution in [2.24, 2.45) is 0 Å². The minimum atomic E-state index is -0.364. The number of carbonyl (C=O) groups excluding carboxylic acids is 1. The first kappa shape index (κ1) is 18.2. The van der Waals surface area contributed by atoms with E-state index in [2.05, 4.69) is 5.32 Å². The van der Waals surface area contributed by atoms with Crippen LogP contribution in [0.1, 0.15) is 24.4 Å². The molecule has 0 radical (unpaired) electrons. The molecule has 1 saturated heterocycles. The van der Waals surface area contributed by atoms with E-state index in [1.165, 1.54) is 17.0 Å². The predicted molar refractivity (Wildman–Crippen MR) is 97.2 cm³/mol. The highest BCUT2D eigenvalue weighted by molar-refractivity contribution is 5.91. The monoisotopic (exact) mass is 359 g/mol. The van der Waals surface area contributed by atoms with Crippen molar-refractivity contribution in [2.45, 2.75) is 18.9 Å². The molecule has 26 heavy (non-hydrogen) atoms. The molecule has 0 aliphatic carbocycles. The molecule has 0 saturated carbocycles. The Hall–Kier alpha value is -2.60. The second kappa shape index (κ2) is 8.19. The highest BCUT2D eigenvalue weighted by Crippen LogP contribution is 2.31. The Morgan fingerprint density at radius 1 is 1.23 bits per heavy atom. The lowest BCUT2D eigenvalue weighted by Gasteiger charge is -2.23. The normalized spacial score (nSPS) is 19.2. The van der Waals surface area contributed by atoms with E-state index in [1.54, 1.807) is 26.4 Å². The average molecular weight is 359 g/mol. The standard InChI is InChI=1S/C20H23FN2O3/c1-25-16-8-9-17(19(12-16)26-2)18-7-4-10-23(18)13-20(24)22-15-6-3-5-14(21)11-15/h3,5-6,8-9,11-12,18H,4,7,10,13H2,1-2H3,(H,22,24)/p+1/t18-/m1/s1. The molecule has 2 aromatic carbocycles. The van der Waals surface area contributed by atoms with Crippen LogP contribution < -0.4 is 19.7 Å². The van der Waals surface area contributed by atoms with Crippen molar-refractivity contribution >= 4 is 11.6 Å². The van der Waals surface area contributed by atoms with Gasteiger partial charge in [-0.2, -0.15) is 0 Å². The van der Waals surface area contributed by atoms with Crippen LogP contribution >= 0.6 is 0 Å². The van der Waals surface area contributed by atoms with E-state index in [0.717, 1.165) is 36.4 Å². The van der Waals surface area contributed by atoms with E-state index < -0.39 is 0 Å². The molecular formula is C20H24FN2O3+. The Balaban J connectivity index is 1.71. The number of anilines is 1. The van der Waals surface area contributed by atoms with Gasteiger partial charge in [0.25, 0.3) is 5.91 Å². The van der Waals surface area contributed by atoms with E-state index in [1.807, 2.05) is 18.2 Å². The largest absolute Gasteiger partial charge is 0.497 e. The van der Waals surface area contributed by atoms with Crippen LogP contribution in [0, 0.1) is 5.82 Å². The number of carbonyl (C=O) groups is 1. The number of hydrogen-bond acceptors (Lipinski definition) is 3. The number of amides is 1. The van der Waals surface area contributed by atoms with E-state index in [4.69, 9.17) is 9.47 Å². The van der Waals surface area contributed by atoms with Gasteiger partial charge in [0.15, 0.2) is 6.54 Å². The number of ether oxygens (including phenoxy) is 2. The van der Waals surface area contributed by atoms with Gasteiger partial charge in [-0.25, -0.2) is 4.39 Å². The lowest BCUT2D eigenvalue weighted by atomic mass is 10.0. The van der Waals surface area contributed by atoms with Crippen molar-refractivity contribution in [3.8, 4) is 11.5 Å². The van der Waals surface area contributed by atoms with Crippen molar-refractivity contribution in [1.82, 2.24) is 0 Å². The molecule has 2 atom stereocenters. The number of quaternary nitrogens is 1. The van der Waals surface area contributed by atoms with E-state index in [-0.39, 0.29) is 17.8 Å². The number of rotatable bonds is 6. The molecule has 1 heterocycles. The van der Waals surface area contributed by atoms with Gasteiger partial charge in [-0.05, 0) is 30.3 Å². The minimum absolute atomic E-state index is 0.120. The molecule has 138 valence electrons. The molecule has 1 fully saturated rings. The summed E-state index contributed by atoms with van der Waals surface area (Å²) in [6.07, 6.45) is 2.04. The fraction of sp³-hybridized carbons (Fsp3) is 0.350. The number of halogens is 1. The van der Waals surface area contributed by atoms with Crippen molar-refractivity contribution in [3.05, 3.63) is 53.8 Å². The summed E-state index contributed by atoms with van der Waals surface area (Å²) in [5, 5.41) is 2.78. The number of hydrogen-bond donors (Lipinski definition) is 2. The smallest absolute Gasteiger partial charge is 0.279 e. The maximum Gasteiger partial charge on any atom is 0.279 e. The van der Waals surface area contributed by atoms with Crippen LogP contribution in [0.15, 0.2) is 42.5 Å².